The third-order valence-corrected chi connectivity index (χ3v) is 6.46. The SMILES string of the molecule is CC(=O)c1cnc(N)nc1N1C[C@H](C)C1c1nn2ccc(-c3ncn[nH]3)c2c(=O)n1-c1ccccc1.S.S. The Hall–Kier alpha value is -4.17. The molecule has 0 saturated carbocycles. The van der Waals surface area contributed by atoms with Crippen molar-refractivity contribution in [2.24, 2.45) is 5.92 Å². The van der Waals surface area contributed by atoms with Crippen molar-refractivity contribution in [1.82, 2.24) is 39.3 Å². The molecule has 0 spiro atoms. The molecular weight excluding hydrogens is 524 g/mol. The van der Waals surface area contributed by atoms with Gasteiger partial charge in [-0.15, -0.1) is 0 Å². The maximum Gasteiger partial charge on any atom is 0.283 e. The largest absolute Gasteiger partial charge is 0.368 e. The number of nitrogens with zero attached hydrogens (tertiary/aromatic N) is 8. The number of aromatic nitrogens is 8. The summed E-state index contributed by atoms with van der Waals surface area (Å²) in [6.45, 7) is 4.14. The van der Waals surface area contributed by atoms with E-state index < -0.39 is 0 Å². The summed E-state index contributed by atoms with van der Waals surface area (Å²) in [6, 6.07) is 10.8. The standard InChI is InChI=1S/C24H22N10O2.2H2S/c1-13-11-32(21-17(14(2)35)10-26-24(25)29-21)18(13)22-31-33-9-8-16(20-27-12-28-30-20)19(33)23(36)34(22)15-6-4-3-5-7-15;;/h3-10,12-13,18H,11H2,1-2H3,(H2,25,26,29)(H,27,28,30);2*1H2/t13-,18?;;/m0../s1. The summed E-state index contributed by atoms with van der Waals surface area (Å²) in [5, 5.41) is 11.6. The van der Waals surface area contributed by atoms with Gasteiger partial charge in [-0.25, -0.2) is 14.5 Å². The number of anilines is 2. The van der Waals surface area contributed by atoms with Gasteiger partial charge >= 0.3 is 0 Å². The van der Waals surface area contributed by atoms with Crippen LogP contribution in [-0.2, 0) is 0 Å². The van der Waals surface area contributed by atoms with Gasteiger partial charge in [0.2, 0.25) is 5.95 Å². The number of hydrogen-bond acceptors (Lipinski definition) is 9. The minimum absolute atomic E-state index is 0. The van der Waals surface area contributed by atoms with E-state index in [0.29, 0.717) is 46.3 Å². The number of nitrogens with two attached hydrogens (primary N) is 1. The van der Waals surface area contributed by atoms with Crippen LogP contribution in [0.4, 0.5) is 11.8 Å². The maximum atomic E-state index is 14.1. The molecule has 12 nitrogen and oxygen atoms in total. The quantitative estimate of drug-likeness (QED) is 0.314. The molecule has 2 atom stereocenters. The first kappa shape index (κ1) is 26.9. The molecule has 38 heavy (non-hydrogen) atoms. The van der Waals surface area contributed by atoms with Crippen LogP contribution >= 0.6 is 27.0 Å². The van der Waals surface area contributed by atoms with Crippen LogP contribution in [0.25, 0.3) is 22.6 Å². The first-order valence-corrected chi connectivity index (χ1v) is 11.4. The molecule has 5 aromatic rings. The summed E-state index contributed by atoms with van der Waals surface area (Å²) in [7, 11) is 0. The highest BCUT2D eigenvalue weighted by molar-refractivity contribution is 7.59. The molecule has 1 saturated heterocycles. The molecule has 1 aliphatic rings. The molecule has 1 aromatic carbocycles. The zero-order valence-electron chi connectivity index (χ0n) is 20.5. The Morgan fingerprint density at radius 2 is 1.89 bits per heavy atom. The number of carbonyl (C=O) groups excluding carboxylic acids is 1. The predicted molar refractivity (Wildman–Crippen MR) is 153 cm³/mol. The van der Waals surface area contributed by atoms with Crippen molar-refractivity contribution < 1.29 is 4.79 Å². The summed E-state index contributed by atoms with van der Waals surface area (Å²) in [6.07, 6.45) is 4.56. The summed E-state index contributed by atoms with van der Waals surface area (Å²) < 4.78 is 3.18. The van der Waals surface area contributed by atoms with E-state index in [-0.39, 0.29) is 56.2 Å². The average Bonchev–Trinajstić information content (AvgIpc) is 3.53. The number of aromatic amines is 1. The minimum Gasteiger partial charge on any atom is -0.368 e. The number of rotatable bonds is 5. The summed E-state index contributed by atoms with van der Waals surface area (Å²) in [5.74, 6) is 1.44. The first-order chi connectivity index (χ1) is 17.4. The van der Waals surface area contributed by atoms with Crippen molar-refractivity contribution in [2.75, 3.05) is 17.2 Å². The fraction of sp³-hybridized carbons (Fsp3) is 0.208. The third kappa shape index (κ3) is 4.20. The van der Waals surface area contributed by atoms with Crippen molar-refractivity contribution in [3.8, 4) is 17.1 Å². The zero-order valence-corrected chi connectivity index (χ0v) is 22.5. The van der Waals surface area contributed by atoms with Crippen molar-refractivity contribution in [2.45, 2.75) is 19.9 Å². The maximum absolute atomic E-state index is 14.1. The van der Waals surface area contributed by atoms with E-state index in [2.05, 4.69) is 32.1 Å². The number of Topliss-reactive ketones (excluding diaryl/α,β-unsaturated/α-hetero) is 1. The Morgan fingerprint density at radius 1 is 1.13 bits per heavy atom. The number of fused-ring (bicyclic) bond motifs is 1. The van der Waals surface area contributed by atoms with E-state index in [0.717, 1.165) is 0 Å². The van der Waals surface area contributed by atoms with Crippen LogP contribution in [0.5, 0.6) is 0 Å². The van der Waals surface area contributed by atoms with Crippen LogP contribution in [0.15, 0.2) is 59.9 Å². The van der Waals surface area contributed by atoms with Gasteiger partial charge in [-0.05, 0) is 25.1 Å². The van der Waals surface area contributed by atoms with E-state index in [1.54, 1.807) is 21.3 Å². The Balaban J connectivity index is 0.00000168. The normalized spacial score (nSPS) is 16.4. The van der Waals surface area contributed by atoms with Crippen molar-refractivity contribution >= 4 is 50.1 Å². The van der Waals surface area contributed by atoms with E-state index in [1.165, 1.54) is 19.4 Å². The Bertz CT molecular complexity index is 1670. The van der Waals surface area contributed by atoms with Gasteiger partial charge in [-0.2, -0.15) is 42.2 Å². The number of nitrogen functional groups attached to an aromatic ring is 1. The number of carbonyl (C=O) groups is 1. The van der Waals surface area contributed by atoms with Gasteiger partial charge < -0.3 is 10.6 Å². The van der Waals surface area contributed by atoms with Gasteiger partial charge in [0.25, 0.3) is 5.56 Å². The fourth-order valence-electron chi connectivity index (χ4n) is 4.79. The topological polar surface area (TPSA) is 153 Å². The summed E-state index contributed by atoms with van der Waals surface area (Å²) in [4.78, 5) is 41.0. The van der Waals surface area contributed by atoms with Gasteiger partial charge in [-0.3, -0.25) is 19.3 Å². The monoisotopic (exact) mass is 550 g/mol. The first-order valence-electron chi connectivity index (χ1n) is 11.4. The smallest absolute Gasteiger partial charge is 0.283 e. The highest BCUT2D eigenvalue weighted by Gasteiger charge is 2.43. The second kappa shape index (κ2) is 10.3. The molecule has 3 N–H and O–H groups in total. The Labute approximate surface area is 230 Å². The molecule has 5 heterocycles. The second-order valence-electron chi connectivity index (χ2n) is 8.79. The lowest BCUT2D eigenvalue weighted by atomic mass is 9.88. The Kier molecular flexibility index (Phi) is 7.29. The molecule has 6 rings (SSSR count). The zero-order chi connectivity index (χ0) is 25.0. The molecule has 1 unspecified atom stereocenters. The van der Waals surface area contributed by atoms with Gasteiger partial charge in [0, 0.05) is 24.9 Å². The summed E-state index contributed by atoms with van der Waals surface area (Å²) >= 11 is 0. The van der Waals surface area contributed by atoms with Crippen LogP contribution in [0.2, 0.25) is 0 Å². The molecule has 4 aromatic heterocycles. The lowest BCUT2D eigenvalue weighted by molar-refractivity contribution is 0.101. The van der Waals surface area contributed by atoms with E-state index in [9.17, 15) is 9.59 Å². The molecule has 0 amide bonds. The number of H-pyrrole nitrogens is 1. The van der Waals surface area contributed by atoms with Crippen molar-refractivity contribution in [1.29, 1.82) is 0 Å². The number of para-hydroxylation sites is 1. The molecule has 0 aliphatic carbocycles. The van der Waals surface area contributed by atoms with Crippen LogP contribution < -0.4 is 16.2 Å². The Morgan fingerprint density at radius 3 is 2.55 bits per heavy atom. The molecule has 1 fully saturated rings. The second-order valence-corrected chi connectivity index (χ2v) is 8.79. The third-order valence-electron chi connectivity index (χ3n) is 6.46. The predicted octanol–water partition coefficient (Wildman–Crippen LogP) is 2.27. The number of nitrogens with one attached hydrogen (secondary N) is 1. The molecule has 0 radical (unpaired) electrons. The fourth-order valence-corrected chi connectivity index (χ4v) is 4.79. The van der Waals surface area contributed by atoms with Crippen LogP contribution in [0.1, 0.15) is 36.1 Å². The highest BCUT2D eigenvalue weighted by Crippen LogP contribution is 2.42. The van der Waals surface area contributed by atoms with Crippen molar-refractivity contribution in [3.63, 3.8) is 0 Å². The molecule has 1 aliphatic heterocycles. The number of benzene rings is 1. The van der Waals surface area contributed by atoms with E-state index >= 15 is 0 Å². The molecular formula is C24H26N10O2S2. The van der Waals surface area contributed by atoms with Gasteiger partial charge in [0.1, 0.15) is 17.7 Å². The highest BCUT2D eigenvalue weighted by atomic mass is 32.1. The lowest BCUT2D eigenvalue weighted by Crippen LogP contribution is -2.52. The molecule has 0 bridgehead atoms. The van der Waals surface area contributed by atoms with Crippen molar-refractivity contribution in [3.05, 3.63) is 76.9 Å². The number of ketones is 1. The van der Waals surface area contributed by atoms with E-state index in [1.807, 2.05) is 35.2 Å². The van der Waals surface area contributed by atoms with Gasteiger partial charge in [0.15, 0.2) is 17.4 Å². The van der Waals surface area contributed by atoms with Crippen LogP contribution in [-0.4, -0.2) is 51.7 Å². The minimum atomic E-state index is -0.342. The summed E-state index contributed by atoms with van der Waals surface area (Å²) in [5.41, 5.74) is 7.63. The number of hydrogen-bond donors (Lipinski definition) is 2. The van der Waals surface area contributed by atoms with E-state index in [4.69, 9.17) is 10.8 Å². The molecule has 14 heteroatoms. The van der Waals surface area contributed by atoms with Crippen LogP contribution in [0, 0.1) is 5.92 Å². The van der Waals surface area contributed by atoms with Gasteiger partial charge in [-0.1, -0.05) is 25.1 Å². The van der Waals surface area contributed by atoms with Crippen LogP contribution in [0.3, 0.4) is 0 Å². The average molecular weight is 551 g/mol. The molecule has 196 valence electrons. The van der Waals surface area contributed by atoms with Gasteiger partial charge in [0.05, 0.1) is 22.9 Å². The lowest BCUT2D eigenvalue weighted by Gasteiger charge is -2.47.